The van der Waals surface area contributed by atoms with Crippen LogP contribution in [0.4, 0.5) is 10.1 Å². The number of benzene rings is 2. The first kappa shape index (κ1) is 23.7. The second-order valence-corrected chi connectivity index (χ2v) is 9.10. The lowest BCUT2D eigenvalue weighted by Gasteiger charge is -2.29. The highest BCUT2D eigenvalue weighted by molar-refractivity contribution is 7.80. The van der Waals surface area contributed by atoms with Crippen molar-refractivity contribution in [2.75, 3.05) is 11.9 Å². The van der Waals surface area contributed by atoms with Crippen LogP contribution < -0.4 is 10.6 Å². The van der Waals surface area contributed by atoms with E-state index in [2.05, 4.69) is 50.2 Å². The predicted molar refractivity (Wildman–Crippen MR) is 142 cm³/mol. The van der Waals surface area contributed by atoms with Crippen molar-refractivity contribution in [1.29, 1.82) is 0 Å². The third kappa shape index (κ3) is 4.85. The van der Waals surface area contributed by atoms with Crippen LogP contribution in [0.25, 0.3) is 5.69 Å². The molecule has 0 radical (unpaired) electrons. The van der Waals surface area contributed by atoms with E-state index >= 15 is 0 Å². The minimum Gasteiger partial charge on any atom is -0.352 e. The van der Waals surface area contributed by atoms with E-state index in [9.17, 15) is 9.18 Å². The summed E-state index contributed by atoms with van der Waals surface area (Å²) >= 11 is 5.75. The highest BCUT2D eigenvalue weighted by Gasteiger charge is 2.41. The molecule has 2 N–H and O–H groups in total. The van der Waals surface area contributed by atoms with Gasteiger partial charge in [-0.1, -0.05) is 24.3 Å². The van der Waals surface area contributed by atoms with E-state index in [1.54, 1.807) is 18.3 Å². The zero-order valence-electron chi connectivity index (χ0n) is 19.8. The number of nitrogens with zero attached hydrogens (tertiary/aromatic N) is 3. The van der Waals surface area contributed by atoms with E-state index < -0.39 is 0 Å². The fourth-order valence-corrected chi connectivity index (χ4v) is 4.97. The van der Waals surface area contributed by atoms with Gasteiger partial charge in [-0.15, -0.1) is 0 Å². The molecule has 5 rings (SSSR count). The molecule has 2 aromatic carbocycles. The number of carbonyl (C=O) groups is 1. The standard InChI is InChI=1S/C28H26FN5OS/c1-19-7-2-3-9-23(19)33-17-6-10-24(33)27-26(22-8-4-5-16-30-22)32-28(36)34(27)18-15-25(35)31-21-13-11-20(29)12-14-21/h2-14,16-17,26-27H,15,18H2,1H3,(H,31,35)(H,32,36)/t26-,27+/m0/s1. The highest BCUT2D eigenvalue weighted by atomic mass is 32.1. The average molecular weight is 500 g/mol. The number of pyridine rings is 1. The van der Waals surface area contributed by atoms with Crippen LogP contribution in [0.5, 0.6) is 0 Å². The molecule has 8 heteroatoms. The summed E-state index contributed by atoms with van der Waals surface area (Å²) in [7, 11) is 0. The Morgan fingerprint density at radius 1 is 1.06 bits per heavy atom. The van der Waals surface area contributed by atoms with Crippen LogP contribution in [0.2, 0.25) is 0 Å². The molecule has 0 unspecified atom stereocenters. The van der Waals surface area contributed by atoms with Crippen molar-refractivity contribution in [2.45, 2.75) is 25.4 Å². The van der Waals surface area contributed by atoms with Crippen LogP contribution in [0.15, 0.2) is 91.3 Å². The number of anilines is 1. The first-order valence-corrected chi connectivity index (χ1v) is 12.2. The van der Waals surface area contributed by atoms with E-state index in [1.165, 1.54) is 12.1 Å². The molecule has 0 spiro atoms. The summed E-state index contributed by atoms with van der Waals surface area (Å²) in [5, 5.41) is 6.84. The summed E-state index contributed by atoms with van der Waals surface area (Å²) in [6.45, 7) is 2.50. The van der Waals surface area contributed by atoms with Crippen molar-refractivity contribution in [1.82, 2.24) is 19.8 Å². The minimum atomic E-state index is -0.346. The zero-order chi connectivity index (χ0) is 25.1. The van der Waals surface area contributed by atoms with Gasteiger partial charge in [0.05, 0.1) is 17.8 Å². The first-order chi connectivity index (χ1) is 17.5. The molecule has 0 bridgehead atoms. The minimum absolute atomic E-state index is 0.168. The molecule has 1 aliphatic heterocycles. The highest BCUT2D eigenvalue weighted by Crippen LogP contribution is 2.39. The lowest BCUT2D eigenvalue weighted by atomic mass is 10.0. The van der Waals surface area contributed by atoms with Gasteiger partial charge < -0.3 is 20.1 Å². The molecular weight excluding hydrogens is 473 g/mol. The van der Waals surface area contributed by atoms with E-state index in [0.717, 1.165) is 22.6 Å². The largest absolute Gasteiger partial charge is 0.352 e. The summed E-state index contributed by atoms with van der Waals surface area (Å²) in [6.07, 6.45) is 4.04. The van der Waals surface area contributed by atoms with Crippen molar-refractivity contribution in [3.8, 4) is 5.69 Å². The molecule has 4 aromatic rings. The van der Waals surface area contributed by atoms with Gasteiger partial charge in [0.25, 0.3) is 0 Å². The van der Waals surface area contributed by atoms with Crippen molar-refractivity contribution in [3.63, 3.8) is 0 Å². The molecule has 182 valence electrons. The Balaban J connectivity index is 1.44. The van der Waals surface area contributed by atoms with Gasteiger partial charge >= 0.3 is 0 Å². The number of nitrogens with one attached hydrogen (secondary N) is 2. The summed E-state index contributed by atoms with van der Waals surface area (Å²) in [4.78, 5) is 19.4. The molecule has 1 saturated heterocycles. The van der Waals surface area contributed by atoms with Gasteiger partial charge in [-0.05, 0) is 79.3 Å². The lowest BCUT2D eigenvalue weighted by molar-refractivity contribution is -0.116. The van der Waals surface area contributed by atoms with E-state index in [-0.39, 0.29) is 30.2 Å². The van der Waals surface area contributed by atoms with Crippen molar-refractivity contribution in [2.24, 2.45) is 0 Å². The van der Waals surface area contributed by atoms with E-state index in [1.807, 2.05) is 42.6 Å². The molecule has 1 aliphatic rings. The number of para-hydroxylation sites is 1. The third-order valence-corrected chi connectivity index (χ3v) is 6.72. The Morgan fingerprint density at radius 2 is 1.83 bits per heavy atom. The Hall–Kier alpha value is -4.04. The Bertz CT molecular complexity index is 1370. The maximum Gasteiger partial charge on any atom is 0.226 e. The fraction of sp³-hybridized carbons (Fsp3) is 0.179. The Labute approximate surface area is 214 Å². The lowest BCUT2D eigenvalue weighted by Crippen LogP contribution is -2.33. The summed E-state index contributed by atoms with van der Waals surface area (Å²) < 4.78 is 15.4. The Kier molecular flexibility index (Phi) is 6.77. The predicted octanol–water partition coefficient (Wildman–Crippen LogP) is 5.32. The molecule has 2 aromatic heterocycles. The van der Waals surface area contributed by atoms with Gasteiger partial charge in [-0.2, -0.15) is 0 Å². The number of hydrogen-bond donors (Lipinski definition) is 2. The third-order valence-electron chi connectivity index (χ3n) is 6.36. The second kappa shape index (κ2) is 10.3. The van der Waals surface area contributed by atoms with Gasteiger partial charge in [0, 0.05) is 42.4 Å². The average Bonchev–Trinajstić information content (AvgIpc) is 3.49. The van der Waals surface area contributed by atoms with E-state index in [0.29, 0.717) is 17.3 Å². The molecule has 2 atom stereocenters. The number of aryl methyl sites for hydroxylation is 1. The summed E-state index contributed by atoms with van der Waals surface area (Å²) in [5.41, 5.74) is 4.72. The quantitative estimate of drug-likeness (QED) is 0.337. The van der Waals surface area contributed by atoms with Gasteiger partial charge in [-0.3, -0.25) is 9.78 Å². The van der Waals surface area contributed by atoms with Crippen LogP contribution >= 0.6 is 12.2 Å². The van der Waals surface area contributed by atoms with Gasteiger partial charge in [0.15, 0.2) is 5.11 Å². The summed E-state index contributed by atoms with van der Waals surface area (Å²) in [6, 6.07) is 23.6. The van der Waals surface area contributed by atoms with Gasteiger partial charge in [0.2, 0.25) is 5.91 Å². The first-order valence-electron chi connectivity index (χ1n) is 11.8. The number of carbonyl (C=O) groups excluding carboxylic acids is 1. The van der Waals surface area contributed by atoms with E-state index in [4.69, 9.17) is 12.2 Å². The fourth-order valence-electron chi connectivity index (χ4n) is 4.63. The number of aromatic nitrogens is 2. The van der Waals surface area contributed by atoms with Crippen LogP contribution in [-0.2, 0) is 4.79 Å². The molecule has 0 saturated carbocycles. The number of hydrogen-bond acceptors (Lipinski definition) is 3. The molecule has 1 amide bonds. The summed E-state index contributed by atoms with van der Waals surface area (Å²) in [5.74, 6) is -0.514. The second-order valence-electron chi connectivity index (χ2n) is 8.71. The molecule has 0 aliphatic carbocycles. The molecule has 36 heavy (non-hydrogen) atoms. The monoisotopic (exact) mass is 499 g/mol. The smallest absolute Gasteiger partial charge is 0.226 e. The van der Waals surface area contributed by atoms with Crippen LogP contribution in [0.1, 0.15) is 35.5 Å². The zero-order valence-corrected chi connectivity index (χ0v) is 20.6. The van der Waals surface area contributed by atoms with Crippen molar-refractivity contribution in [3.05, 3.63) is 114 Å². The number of thiocarbonyl (C=S) groups is 1. The molecular formula is C28H26FN5OS. The number of amides is 1. The van der Waals surface area contributed by atoms with Gasteiger partial charge in [-0.25, -0.2) is 4.39 Å². The Morgan fingerprint density at radius 3 is 2.58 bits per heavy atom. The molecule has 3 heterocycles. The SMILES string of the molecule is Cc1ccccc1-n1cccc1[C@@H]1[C@H](c2ccccn2)NC(=S)N1CCC(=O)Nc1ccc(F)cc1. The molecule has 1 fully saturated rings. The molecule has 6 nitrogen and oxygen atoms in total. The van der Waals surface area contributed by atoms with Gasteiger partial charge in [0.1, 0.15) is 5.82 Å². The van der Waals surface area contributed by atoms with Crippen LogP contribution in [0, 0.1) is 12.7 Å². The number of halogens is 1. The number of rotatable bonds is 7. The maximum absolute atomic E-state index is 13.2. The van der Waals surface area contributed by atoms with Crippen LogP contribution in [-0.4, -0.2) is 32.0 Å². The van der Waals surface area contributed by atoms with Crippen LogP contribution in [0.3, 0.4) is 0 Å². The van der Waals surface area contributed by atoms with Crippen molar-refractivity contribution >= 4 is 28.9 Å². The van der Waals surface area contributed by atoms with Crippen molar-refractivity contribution < 1.29 is 9.18 Å². The maximum atomic E-state index is 13.2. The topological polar surface area (TPSA) is 62.2 Å². The normalized spacial score (nSPS) is 17.2.